The topological polar surface area (TPSA) is 52.6 Å². The lowest BCUT2D eigenvalue weighted by Gasteiger charge is -2.33. The van der Waals surface area contributed by atoms with Crippen molar-refractivity contribution in [3.8, 4) is 0 Å². The van der Waals surface area contributed by atoms with Crippen LogP contribution in [0.5, 0.6) is 0 Å². The van der Waals surface area contributed by atoms with Crippen LogP contribution in [0.15, 0.2) is 47.6 Å². The molecule has 2 N–H and O–H groups in total. The average Bonchev–Trinajstić information content (AvgIpc) is 2.72. The van der Waals surface area contributed by atoms with Crippen molar-refractivity contribution in [3.63, 3.8) is 0 Å². The second-order valence-electron chi connectivity index (χ2n) is 7.38. The lowest BCUT2D eigenvalue weighted by atomic mass is 10.0. The number of halogens is 1. The highest BCUT2D eigenvalue weighted by molar-refractivity contribution is 6.30. The molecule has 28 heavy (non-hydrogen) atoms. The van der Waals surface area contributed by atoms with Crippen LogP contribution in [-0.4, -0.2) is 48.6 Å². The van der Waals surface area contributed by atoms with Gasteiger partial charge in [0.05, 0.1) is 0 Å². The normalized spacial score (nSPS) is 16.2. The predicted octanol–water partition coefficient (Wildman–Crippen LogP) is 3.42. The van der Waals surface area contributed by atoms with Crippen molar-refractivity contribution in [2.75, 3.05) is 26.7 Å². The minimum atomic E-state index is 0.466. The molecule has 1 aliphatic rings. The first kappa shape index (κ1) is 20.6. The van der Waals surface area contributed by atoms with Crippen LogP contribution in [0.3, 0.4) is 0 Å². The summed E-state index contributed by atoms with van der Waals surface area (Å²) in [6.07, 6.45) is 5.13. The third-order valence-corrected chi connectivity index (χ3v) is 5.40. The van der Waals surface area contributed by atoms with E-state index in [-0.39, 0.29) is 0 Å². The highest BCUT2D eigenvalue weighted by Gasteiger charge is 2.20. The van der Waals surface area contributed by atoms with Gasteiger partial charge in [0.2, 0.25) is 0 Å². The Morgan fingerprint density at radius 1 is 1.14 bits per heavy atom. The zero-order chi connectivity index (χ0) is 19.8. The van der Waals surface area contributed by atoms with Crippen LogP contribution < -0.4 is 10.6 Å². The summed E-state index contributed by atoms with van der Waals surface area (Å²) in [5.41, 5.74) is 3.61. The number of rotatable bonds is 6. The lowest BCUT2D eigenvalue weighted by molar-refractivity contribution is 0.198. The Morgan fingerprint density at radius 3 is 2.50 bits per heavy atom. The largest absolute Gasteiger partial charge is 0.356 e. The van der Waals surface area contributed by atoms with E-state index >= 15 is 0 Å². The summed E-state index contributed by atoms with van der Waals surface area (Å²) in [7, 11) is 1.83. The van der Waals surface area contributed by atoms with Crippen molar-refractivity contribution in [2.45, 2.75) is 38.8 Å². The molecule has 0 amide bonds. The van der Waals surface area contributed by atoms with Crippen LogP contribution in [0.2, 0.25) is 5.02 Å². The van der Waals surface area contributed by atoms with E-state index in [1.165, 1.54) is 11.1 Å². The molecule has 0 bridgehead atoms. The zero-order valence-electron chi connectivity index (χ0n) is 16.8. The third-order valence-electron chi connectivity index (χ3n) is 5.15. The number of aliphatic imine (C=N–C) groups is 1. The number of piperidine rings is 1. The number of aryl methyl sites for hydroxylation is 1. The van der Waals surface area contributed by atoms with Crippen LogP contribution in [0.1, 0.15) is 29.7 Å². The summed E-state index contributed by atoms with van der Waals surface area (Å²) in [5.74, 6) is 0.885. The Bertz CT molecular complexity index is 750. The van der Waals surface area contributed by atoms with Crippen LogP contribution in [-0.2, 0) is 13.0 Å². The summed E-state index contributed by atoms with van der Waals surface area (Å²) in [6, 6.07) is 12.8. The molecule has 2 aromatic rings. The van der Waals surface area contributed by atoms with Gasteiger partial charge in [0.15, 0.2) is 5.96 Å². The smallest absolute Gasteiger partial charge is 0.191 e. The average molecular weight is 400 g/mol. The van der Waals surface area contributed by atoms with E-state index in [1.807, 2.05) is 32.3 Å². The zero-order valence-corrected chi connectivity index (χ0v) is 17.5. The molecule has 1 saturated heterocycles. The Balaban J connectivity index is 1.37. The number of pyridine rings is 1. The SMILES string of the molecule is CN=C(NCCc1ccc(C)nc1)NC1CCN(Cc2ccc(Cl)cc2)CC1. The van der Waals surface area contributed by atoms with Crippen LogP contribution in [0.25, 0.3) is 0 Å². The number of guanidine groups is 1. The highest BCUT2D eigenvalue weighted by atomic mass is 35.5. The van der Waals surface area contributed by atoms with Crippen molar-refractivity contribution in [1.82, 2.24) is 20.5 Å². The van der Waals surface area contributed by atoms with E-state index < -0.39 is 0 Å². The van der Waals surface area contributed by atoms with Gasteiger partial charge in [-0.2, -0.15) is 0 Å². The van der Waals surface area contributed by atoms with Crippen molar-refractivity contribution >= 4 is 17.6 Å². The standard InChI is InChI=1S/C22H30ClN5/c1-17-3-4-18(15-26-17)9-12-25-22(24-2)27-21-10-13-28(14-11-21)16-19-5-7-20(23)8-6-19/h3-8,15,21H,9-14,16H2,1-2H3,(H2,24,25,27). The molecule has 6 heteroatoms. The lowest BCUT2D eigenvalue weighted by Crippen LogP contribution is -2.48. The molecular formula is C22H30ClN5. The molecule has 0 spiro atoms. The van der Waals surface area contributed by atoms with Crippen molar-refractivity contribution in [3.05, 3.63) is 64.4 Å². The van der Waals surface area contributed by atoms with Crippen molar-refractivity contribution in [1.29, 1.82) is 0 Å². The number of hydrogen-bond donors (Lipinski definition) is 2. The summed E-state index contributed by atoms with van der Waals surface area (Å²) in [5, 5.41) is 7.79. The van der Waals surface area contributed by atoms with Gasteiger partial charge in [0.1, 0.15) is 0 Å². The van der Waals surface area contributed by atoms with E-state index in [4.69, 9.17) is 11.6 Å². The van der Waals surface area contributed by atoms with E-state index in [9.17, 15) is 0 Å². The number of hydrogen-bond acceptors (Lipinski definition) is 3. The first-order valence-corrected chi connectivity index (χ1v) is 10.4. The van der Waals surface area contributed by atoms with Gasteiger partial charge in [0.25, 0.3) is 0 Å². The van der Waals surface area contributed by atoms with Crippen LogP contribution in [0.4, 0.5) is 0 Å². The van der Waals surface area contributed by atoms with Gasteiger partial charge in [-0.05, 0) is 55.5 Å². The van der Waals surface area contributed by atoms with Gasteiger partial charge in [0, 0.05) is 56.2 Å². The number of nitrogens with one attached hydrogen (secondary N) is 2. The summed E-state index contributed by atoms with van der Waals surface area (Å²) >= 11 is 5.97. The first-order valence-electron chi connectivity index (χ1n) is 9.98. The summed E-state index contributed by atoms with van der Waals surface area (Å²) in [6.45, 7) is 6.02. The Kier molecular flexibility index (Phi) is 7.69. The van der Waals surface area contributed by atoms with Crippen LogP contribution >= 0.6 is 11.6 Å². The van der Waals surface area contributed by atoms with E-state index in [0.717, 1.165) is 62.1 Å². The maximum atomic E-state index is 5.97. The van der Waals surface area contributed by atoms with Gasteiger partial charge < -0.3 is 10.6 Å². The van der Waals surface area contributed by atoms with Gasteiger partial charge in [-0.3, -0.25) is 14.9 Å². The summed E-state index contributed by atoms with van der Waals surface area (Å²) < 4.78 is 0. The molecule has 0 saturated carbocycles. The molecule has 0 aliphatic carbocycles. The minimum absolute atomic E-state index is 0.466. The van der Waals surface area contributed by atoms with Gasteiger partial charge >= 0.3 is 0 Å². The number of benzene rings is 1. The molecule has 1 aliphatic heterocycles. The van der Waals surface area contributed by atoms with Gasteiger partial charge in [-0.15, -0.1) is 0 Å². The van der Waals surface area contributed by atoms with Crippen molar-refractivity contribution in [2.24, 2.45) is 4.99 Å². The Morgan fingerprint density at radius 2 is 1.86 bits per heavy atom. The highest BCUT2D eigenvalue weighted by Crippen LogP contribution is 2.16. The molecular weight excluding hydrogens is 370 g/mol. The quantitative estimate of drug-likeness (QED) is 0.577. The Labute approximate surface area is 173 Å². The second-order valence-corrected chi connectivity index (χ2v) is 7.81. The molecule has 2 heterocycles. The minimum Gasteiger partial charge on any atom is -0.356 e. The fraction of sp³-hybridized carbons (Fsp3) is 0.455. The molecule has 0 radical (unpaired) electrons. The fourth-order valence-corrected chi connectivity index (χ4v) is 3.57. The van der Waals surface area contributed by atoms with E-state index in [2.05, 4.69) is 49.8 Å². The first-order chi connectivity index (χ1) is 13.6. The molecule has 1 aromatic heterocycles. The van der Waals surface area contributed by atoms with Gasteiger partial charge in [-0.1, -0.05) is 29.8 Å². The van der Waals surface area contributed by atoms with Gasteiger partial charge in [-0.25, -0.2) is 0 Å². The van der Waals surface area contributed by atoms with Crippen molar-refractivity contribution < 1.29 is 0 Å². The maximum absolute atomic E-state index is 5.97. The molecule has 0 atom stereocenters. The number of nitrogens with zero attached hydrogens (tertiary/aromatic N) is 3. The maximum Gasteiger partial charge on any atom is 0.191 e. The molecule has 3 rings (SSSR count). The Hall–Kier alpha value is -2.11. The molecule has 150 valence electrons. The molecule has 1 aromatic carbocycles. The van der Waals surface area contributed by atoms with E-state index in [1.54, 1.807) is 0 Å². The summed E-state index contributed by atoms with van der Waals surface area (Å²) in [4.78, 5) is 11.2. The molecule has 0 unspecified atom stereocenters. The number of aromatic nitrogens is 1. The van der Waals surface area contributed by atoms with E-state index in [0.29, 0.717) is 6.04 Å². The molecule has 1 fully saturated rings. The second kappa shape index (κ2) is 10.4. The number of likely N-dealkylation sites (tertiary alicyclic amines) is 1. The monoisotopic (exact) mass is 399 g/mol. The fourth-order valence-electron chi connectivity index (χ4n) is 3.44. The predicted molar refractivity (Wildman–Crippen MR) is 117 cm³/mol. The van der Waals surface area contributed by atoms with Crippen LogP contribution in [0, 0.1) is 6.92 Å². The molecule has 5 nitrogen and oxygen atoms in total. The third kappa shape index (κ3) is 6.50.